The molecule has 260 valence electrons. The lowest BCUT2D eigenvalue weighted by Gasteiger charge is -2.42. The Morgan fingerprint density at radius 3 is 1.80 bits per heavy atom. The minimum atomic E-state index is -1.00. The second-order valence-corrected chi connectivity index (χ2v) is 12.3. The Morgan fingerprint density at radius 1 is 0.714 bits per heavy atom. The first-order chi connectivity index (χ1) is 23.8. The van der Waals surface area contributed by atoms with Gasteiger partial charge in [0.2, 0.25) is 0 Å². The van der Waals surface area contributed by atoms with Gasteiger partial charge >= 0.3 is 6.09 Å². The van der Waals surface area contributed by atoms with Gasteiger partial charge in [-0.3, -0.25) is 0 Å². The van der Waals surface area contributed by atoms with Crippen LogP contribution in [0.3, 0.4) is 0 Å². The van der Waals surface area contributed by atoms with E-state index in [0.717, 1.165) is 57.1 Å². The number of amides is 1. The van der Waals surface area contributed by atoms with E-state index in [1.165, 1.54) is 4.90 Å². The van der Waals surface area contributed by atoms with E-state index in [-0.39, 0.29) is 19.0 Å². The summed E-state index contributed by atoms with van der Waals surface area (Å²) in [5.41, 5.74) is 6.11. The lowest BCUT2D eigenvalue weighted by molar-refractivity contribution is -0.0937. The van der Waals surface area contributed by atoms with Crippen molar-refractivity contribution < 1.29 is 38.3 Å². The number of piperidine rings is 1. The highest BCUT2D eigenvalue weighted by molar-refractivity contribution is 5.65. The van der Waals surface area contributed by atoms with Crippen LogP contribution in [0.2, 0.25) is 0 Å². The van der Waals surface area contributed by atoms with Gasteiger partial charge < -0.3 is 38.4 Å². The molecular formula is C40H47NO8. The van der Waals surface area contributed by atoms with Crippen LogP contribution in [0, 0.1) is 13.8 Å². The Kier molecular flexibility index (Phi) is 12.9. The summed E-state index contributed by atoms with van der Waals surface area (Å²) in [5, 5.41) is 10.1. The van der Waals surface area contributed by atoms with Gasteiger partial charge in [-0.15, -0.1) is 0 Å². The van der Waals surface area contributed by atoms with Crippen LogP contribution in [0.1, 0.15) is 45.7 Å². The third kappa shape index (κ3) is 9.98. The number of nitrogens with zero attached hydrogens (tertiary/aromatic N) is 1. The molecule has 1 aliphatic rings. The van der Waals surface area contributed by atoms with Crippen molar-refractivity contribution in [3.05, 3.63) is 124 Å². The number of ether oxygens (including phenoxy) is 6. The topological polar surface area (TPSA) is 95.9 Å². The second kappa shape index (κ2) is 17.7. The van der Waals surface area contributed by atoms with Crippen LogP contribution < -0.4 is 14.2 Å². The highest BCUT2D eigenvalue weighted by Crippen LogP contribution is 2.35. The van der Waals surface area contributed by atoms with Crippen molar-refractivity contribution in [3.8, 4) is 17.2 Å². The molecule has 4 aromatic carbocycles. The Labute approximate surface area is 289 Å². The van der Waals surface area contributed by atoms with Crippen molar-refractivity contribution in [2.75, 3.05) is 40.5 Å². The number of hydrogen-bond donors (Lipinski definition) is 1. The highest BCUT2D eigenvalue weighted by Gasteiger charge is 2.41. The Balaban J connectivity index is 1.29. The number of aryl methyl sites for hydroxylation is 2. The minimum absolute atomic E-state index is 0.220. The van der Waals surface area contributed by atoms with E-state index in [1.54, 1.807) is 14.2 Å². The summed E-state index contributed by atoms with van der Waals surface area (Å²) in [4.78, 5) is 13.7. The van der Waals surface area contributed by atoms with Crippen LogP contribution in [0.5, 0.6) is 17.2 Å². The molecule has 9 heteroatoms. The van der Waals surface area contributed by atoms with E-state index in [9.17, 15) is 9.90 Å². The first-order valence-corrected chi connectivity index (χ1v) is 16.7. The molecule has 5 rings (SSSR count). The van der Waals surface area contributed by atoms with Crippen LogP contribution >= 0.6 is 0 Å². The van der Waals surface area contributed by atoms with E-state index >= 15 is 0 Å². The molecule has 1 amide bonds. The monoisotopic (exact) mass is 669 g/mol. The van der Waals surface area contributed by atoms with Gasteiger partial charge in [0.1, 0.15) is 17.2 Å². The zero-order valence-electron chi connectivity index (χ0n) is 28.8. The van der Waals surface area contributed by atoms with E-state index in [2.05, 4.69) is 12.1 Å². The summed E-state index contributed by atoms with van der Waals surface area (Å²) >= 11 is 0. The number of carboxylic acid groups (broad SMARTS) is 1. The fourth-order valence-electron chi connectivity index (χ4n) is 6.24. The van der Waals surface area contributed by atoms with Gasteiger partial charge in [0.15, 0.2) is 0 Å². The standard InChI is InChI=1S/C40H47NO8/c1-28-21-31(11-17-35(28)44-3)26-48-37-23-41(40(42)43)24-38(49-27-32-12-18-36(45-4)29(2)22-32)39(37)33-13-15-34(16-14-33)47-20-8-19-46-25-30-9-6-5-7-10-30/h5-7,9-18,21-22,37-39H,8,19-20,23-27H2,1-4H3,(H,42,43)/t37-,38+,39-. The summed E-state index contributed by atoms with van der Waals surface area (Å²) in [6.07, 6.45) is -1.14. The van der Waals surface area contributed by atoms with Crippen LogP contribution in [-0.2, 0) is 34.0 Å². The summed E-state index contributed by atoms with van der Waals surface area (Å²) < 4.78 is 35.8. The predicted molar refractivity (Wildman–Crippen MR) is 188 cm³/mol. The van der Waals surface area contributed by atoms with Crippen LogP contribution in [0.25, 0.3) is 0 Å². The molecule has 0 saturated carbocycles. The molecule has 1 aliphatic heterocycles. The average Bonchev–Trinajstić information content (AvgIpc) is 3.12. The van der Waals surface area contributed by atoms with Crippen LogP contribution in [-0.4, -0.2) is 68.8 Å². The fraction of sp³-hybridized carbons (Fsp3) is 0.375. The maximum Gasteiger partial charge on any atom is 0.407 e. The third-order valence-electron chi connectivity index (χ3n) is 8.80. The van der Waals surface area contributed by atoms with E-state index in [0.29, 0.717) is 33.0 Å². The summed E-state index contributed by atoms with van der Waals surface area (Å²) in [6, 6.07) is 29.9. The van der Waals surface area contributed by atoms with E-state index < -0.39 is 18.3 Å². The molecule has 0 radical (unpaired) electrons. The summed E-state index contributed by atoms with van der Waals surface area (Å²) in [7, 11) is 3.30. The van der Waals surface area contributed by atoms with Gasteiger partial charge in [-0.2, -0.15) is 0 Å². The normalized spacial score (nSPS) is 17.5. The largest absolute Gasteiger partial charge is 0.496 e. The minimum Gasteiger partial charge on any atom is -0.496 e. The van der Waals surface area contributed by atoms with Gasteiger partial charge in [-0.1, -0.05) is 66.7 Å². The maximum absolute atomic E-state index is 12.3. The molecule has 1 heterocycles. The summed E-state index contributed by atoms with van der Waals surface area (Å²) in [5.74, 6) is 2.14. The Morgan fingerprint density at radius 2 is 1.29 bits per heavy atom. The molecule has 9 nitrogen and oxygen atoms in total. The second-order valence-electron chi connectivity index (χ2n) is 12.3. The van der Waals surface area contributed by atoms with Crippen molar-refractivity contribution >= 4 is 6.09 Å². The number of likely N-dealkylation sites (tertiary alicyclic amines) is 1. The Bertz CT molecular complexity index is 1560. The average molecular weight is 670 g/mol. The molecule has 49 heavy (non-hydrogen) atoms. The van der Waals surface area contributed by atoms with Gasteiger partial charge in [0.05, 0.1) is 72.6 Å². The molecule has 0 spiro atoms. The SMILES string of the molecule is COc1ccc(CO[C@H]2CN(C(=O)O)C[C@@H](OCc3ccc(OC)c(C)c3)[C@H]2c2ccc(OCCCOCc3ccccc3)cc2)cc1C. The molecule has 1 saturated heterocycles. The third-order valence-corrected chi connectivity index (χ3v) is 8.80. The van der Waals surface area contributed by atoms with E-state index in [1.807, 2.05) is 92.7 Å². The Hall–Kier alpha value is -4.57. The molecular weight excluding hydrogens is 622 g/mol. The smallest absolute Gasteiger partial charge is 0.407 e. The van der Waals surface area contributed by atoms with E-state index in [4.69, 9.17) is 28.4 Å². The first-order valence-electron chi connectivity index (χ1n) is 16.7. The number of rotatable bonds is 16. The number of benzene rings is 4. The van der Waals surface area contributed by atoms with Gasteiger partial charge in [0.25, 0.3) is 0 Å². The molecule has 1 fully saturated rings. The number of carbonyl (C=O) groups is 1. The molecule has 0 aromatic heterocycles. The summed E-state index contributed by atoms with van der Waals surface area (Å²) in [6.45, 7) is 6.78. The van der Waals surface area contributed by atoms with Crippen LogP contribution in [0.15, 0.2) is 91.0 Å². The van der Waals surface area contributed by atoms with Crippen molar-refractivity contribution in [1.82, 2.24) is 4.90 Å². The molecule has 0 bridgehead atoms. The lowest BCUT2D eigenvalue weighted by Crippen LogP contribution is -2.54. The zero-order chi connectivity index (χ0) is 34.6. The van der Waals surface area contributed by atoms with Crippen LogP contribution in [0.4, 0.5) is 4.79 Å². The number of hydrogen-bond acceptors (Lipinski definition) is 7. The van der Waals surface area contributed by atoms with Crippen molar-refractivity contribution in [2.45, 2.75) is 58.2 Å². The first kappa shape index (κ1) is 35.7. The molecule has 3 atom stereocenters. The highest BCUT2D eigenvalue weighted by atomic mass is 16.5. The number of methoxy groups -OCH3 is 2. The molecule has 0 unspecified atom stereocenters. The van der Waals surface area contributed by atoms with Gasteiger partial charge in [-0.25, -0.2) is 4.79 Å². The molecule has 1 N–H and O–H groups in total. The molecule has 4 aromatic rings. The van der Waals surface area contributed by atoms with Crippen molar-refractivity contribution in [1.29, 1.82) is 0 Å². The fourth-order valence-corrected chi connectivity index (χ4v) is 6.24. The zero-order valence-corrected chi connectivity index (χ0v) is 28.8. The molecule has 0 aliphatic carbocycles. The van der Waals surface area contributed by atoms with Crippen molar-refractivity contribution in [2.24, 2.45) is 0 Å². The van der Waals surface area contributed by atoms with Crippen molar-refractivity contribution in [3.63, 3.8) is 0 Å². The van der Waals surface area contributed by atoms with Gasteiger partial charge in [-0.05, 0) is 71.5 Å². The van der Waals surface area contributed by atoms with Gasteiger partial charge in [0, 0.05) is 12.3 Å². The maximum atomic E-state index is 12.3. The predicted octanol–water partition coefficient (Wildman–Crippen LogP) is 7.55. The quantitative estimate of drug-likeness (QED) is 0.122. The lowest BCUT2D eigenvalue weighted by atomic mass is 9.84.